The fourth-order valence-electron chi connectivity index (χ4n) is 3.16. The molecule has 0 unspecified atom stereocenters. The molecule has 2 rings (SSSR count). The highest BCUT2D eigenvalue weighted by Gasteiger charge is 2.39. The van der Waals surface area contributed by atoms with E-state index >= 15 is 0 Å². The third-order valence-electron chi connectivity index (χ3n) is 4.84. The van der Waals surface area contributed by atoms with Crippen molar-refractivity contribution in [3.05, 3.63) is 35.4 Å². The van der Waals surface area contributed by atoms with Gasteiger partial charge in [0.25, 0.3) is 0 Å². The van der Waals surface area contributed by atoms with E-state index in [1.54, 1.807) is 0 Å². The predicted octanol–water partition coefficient (Wildman–Crippen LogP) is 3.33. The summed E-state index contributed by atoms with van der Waals surface area (Å²) in [6.45, 7) is 6.90. The summed E-state index contributed by atoms with van der Waals surface area (Å²) in [5.74, 6) is -0.617. The maximum absolute atomic E-state index is 11.5. The molecule has 20 heavy (non-hydrogen) atoms. The average Bonchev–Trinajstić information content (AvgIpc) is 2.48. The summed E-state index contributed by atoms with van der Waals surface area (Å²) in [4.78, 5) is 13.8. The smallest absolute Gasteiger partial charge is 0.309 e. The van der Waals surface area contributed by atoms with Crippen molar-refractivity contribution in [1.29, 1.82) is 0 Å². The van der Waals surface area contributed by atoms with Crippen LogP contribution >= 0.6 is 0 Å². The molecule has 0 bridgehead atoms. The number of carboxylic acids is 1. The van der Waals surface area contributed by atoms with Gasteiger partial charge in [-0.3, -0.25) is 9.69 Å². The Hall–Kier alpha value is -1.35. The van der Waals surface area contributed by atoms with Gasteiger partial charge in [-0.05, 0) is 49.9 Å². The highest BCUT2D eigenvalue weighted by molar-refractivity contribution is 5.74. The second-order valence-corrected chi connectivity index (χ2v) is 5.84. The van der Waals surface area contributed by atoms with Crippen molar-refractivity contribution in [3.63, 3.8) is 0 Å². The van der Waals surface area contributed by atoms with Crippen molar-refractivity contribution in [1.82, 2.24) is 4.90 Å². The zero-order valence-corrected chi connectivity index (χ0v) is 12.6. The summed E-state index contributed by atoms with van der Waals surface area (Å²) in [5, 5.41) is 9.43. The summed E-state index contributed by atoms with van der Waals surface area (Å²) in [6.07, 6.45) is 3.33. The van der Waals surface area contributed by atoms with Crippen LogP contribution in [-0.4, -0.2) is 29.1 Å². The molecule has 0 aliphatic carbocycles. The van der Waals surface area contributed by atoms with Gasteiger partial charge in [0.1, 0.15) is 0 Å². The van der Waals surface area contributed by atoms with E-state index < -0.39 is 11.4 Å². The van der Waals surface area contributed by atoms with Crippen molar-refractivity contribution in [2.75, 3.05) is 13.1 Å². The number of hydrogen-bond acceptors (Lipinski definition) is 2. The van der Waals surface area contributed by atoms with E-state index in [1.165, 1.54) is 11.1 Å². The number of aryl methyl sites for hydroxylation is 1. The highest BCUT2D eigenvalue weighted by Crippen LogP contribution is 2.35. The quantitative estimate of drug-likeness (QED) is 0.896. The van der Waals surface area contributed by atoms with Gasteiger partial charge < -0.3 is 5.11 Å². The van der Waals surface area contributed by atoms with Crippen LogP contribution in [0, 0.1) is 5.41 Å². The molecule has 1 heterocycles. The fraction of sp³-hybridized carbons (Fsp3) is 0.588. The number of aliphatic carboxylic acids is 1. The summed E-state index contributed by atoms with van der Waals surface area (Å²) in [5.41, 5.74) is 2.30. The van der Waals surface area contributed by atoms with Gasteiger partial charge in [-0.25, -0.2) is 0 Å². The minimum absolute atomic E-state index is 0.485. The Balaban J connectivity index is 1.99. The summed E-state index contributed by atoms with van der Waals surface area (Å²) in [6, 6.07) is 8.56. The maximum Gasteiger partial charge on any atom is 0.309 e. The molecule has 3 nitrogen and oxygen atoms in total. The summed E-state index contributed by atoms with van der Waals surface area (Å²) >= 11 is 0. The first-order valence-electron chi connectivity index (χ1n) is 7.64. The highest BCUT2D eigenvalue weighted by atomic mass is 16.4. The lowest BCUT2D eigenvalue weighted by Crippen LogP contribution is -2.43. The second kappa shape index (κ2) is 6.40. The molecule has 0 aromatic heterocycles. The molecule has 0 radical (unpaired) electrons. The van der Waals surface area contributed by atoms with Gasteiger partial charge in [-0.1, -0.05) is 38.1 Å². The van der Waals surface area contributed by atoms with Crippen LogP contribution in [0.15, 0.2) is 24.3 Å². The van der Waals surface area contributed by atoms with E-state index in [2.05, 4.69) is 36.1 Å². The van der Waals surface area contributed by atoms with E-state index in [0.29, 0.717) is 0 Å². The number of likely N-dealkylation sites (tertiary alicyclic amines) is 1. The minimum atomic E-state index is -0.617. The molecule has 1 aromatic rings. The van der Waals surface area contributed by atoms with Gasteiger partial charge in [-0.2, -0.15) is 0 Å². The number of carbonyl (C=O) groups is 1. The number of piperidine rings is 1. The number of nitrogens with zero attached hydrogens (tertiary/aromatic N) is 1. The van der Waals surface area contributed by atoms with Gasteiger partial charge in [0.15, 0.2) is 0 Å². The van der Waals surface area contributed by atoms with Crippen molar-refractivity contribution in [2.45, 2.75) is 46.1 Å². The van der Waals surface area contributed by atoms with Crippen LogP contribution in [0.2, 0.25) is 0 Å². The maximum atomic E-state index is 11.5. The molecule has 1 saturated heterocycles. The zero-order valence-electron chi connectivity index (χ0n) is 12.6. The molecule has 0 amide bonds. The van der Waals surface area contributed by atoms with Crippen molar-refractivity contribution in [2.24, 2.45) is 5.41 Å². The van der Waals surface area contributed by atoms with Gasteiger partial charge >= 0.3 is 5.97 Å². The molecule has 1 aliphatic heterocycles. The van der Waals surface area contributed by atoms with Crippen molar-refractivity contribution in [3.8, 4) is 0 Å². The Morgan fingerprint density at radius 2 is 1.80 bits per heavy atom. The van der Waals surface area contributed by atoms with Gasteiger partial charge in [0.05, 0.1) is 5.41 Å². The topological polar surface area (TPSA) is 40.5 Å². The molecule has 1 N–H and O–H groups in total. The lowest BCUT2D eigenvalue weighted by molar-refractivity contribution is -0.152. The third-order valence-corrected chi connectivity index (χ3v) is 4.84. The number of benzene rings is 1. The largest absolute Gasteiger partial charge is 0.481 e. The Morgan fingerprint density at radius 3 is 2.30 bits per heavy atom. The van der Waals surface area contributed by atoms with Crippen molar-refractivity contribution >= 4 is 5.97 Å². The van der Waals surface area contributed by atoms with Crippen LogP contribution in [0.5, 0.6) is 0 Å². The van der Waals surface area contributed by atoms with Crippen LogP contribution < -0.4 is 0 Å². The molecular weight excluding hydrogens is 250 g/mol. The SMILES string of the molecule is CCc1ccccc1CN1CCC(CC)(C(=O)O)CC1. The summed E-state index contributed by atoms with van der Waals surface area (Å²) in [7, 11) is 0. The first-order valence-corrected chi connectivity index (χ1v) is 7.64. The molecule has 1 aliphatic rings. The van der Waals surface area contributed by atoms with E-state index in [9.17, 15) is 9.90 Å². The van der Waals surface area contributed by atoms with Gasteiger partial charge in [-0.15, -0.1) is 0 Å². The van der Waals surface area contributed by atoms with Gasteiger partial charge in [0.2, 0.25) is 0 Å². The number of hydrogen-bond donors (Lipinski definition) is 1. The molecule has 110 valence electrons. The van der Waals surface area contributed by atoms with Gasteiger partial charge in [0, 0.05) is 6.54 Å². The van der Waals surface area contributed by atoms with E-state index in [1.807, 2.05) is 6.92 Å². The molecule has 0 saturated carbocycles. The number of rotatable bonds is 5. The molecular formula is C17H25NO2. The molecule has 1 fully saturated rings. The average molecular weight is 275 g/mol. The van der Waals surface area contributed by atoms with E-state index in [-0.39, 0.29) is 0 Å². The van der Waals surface area contributed by atoms with Crippen molar-refractivity contribution < 1.29 is 9.90 Å². The first kappa shape index (κ1) is 15.0. The minimum Gasteiger partial charge on any atom is -0.481 e. The van der Waals surface area contributed by atoms with E-state index in [0.717, 1.165) is 45.3 Å². The molecule has 1 aromatic carbocycles. The standard InChI is InChI=1S/C17H25NO2/c1-3-14-7-5-6-8-15(14)13-18-11-9-17(4-2,10-12-18)16(19)20/h5-8H,3-4,9-13H2,1-2H3,(H,19,20). The van der Waals surface area contributed by atoms with E-state index in [4.69, 9.17) is 0 Å². The lowest BCUT2D eigenvalue weighted by Gasteiger charge is -2.38. The fourth-order valence-corrected chi connectivity index (χ4v) is 3.16. The Bertz CT molecular complexity index is 462. The van der Waals surface area contributed by atoms with Crippen LogP contribution in [0.3, 0.4) is 0 Å². The second-order valence-electron chi connectivity index (χ2n) is 5.84. The normalized spacial score (nSPS) is 18.9. The third kappa shape index (κ3) is 3.04. The molecule has 3 heteroatoms. The van der Waals surface area contributed by atoms with Crippen LogP contribution in [0.1, 0.15) is 44.2 Å². The molecule has 0 spiro atoms. The lowest BCUT2D eigenvalue weighted by atomic mass is 9.76. The van der Waals surface area contributed by atoms with Crippen LogP contribution in [0.25, 0.3) is 0 Å². The monoisotopic (exact) mass is 275 g/mol. The number of carboxylic acid groups (broad SMARTS) is 1. The predicted molar refractivity (Wildman–Crippen MR) is 80.7 cm³/mol. The Kier molecular flexibility index (Phi) is 4.81. The zero-order chi connectivity index (χ0) is 14.6. The van der Waals surface area contributed by atoms with Crippen LogP contribution in [0.4, 0.5) is 0 Å². The first-order chi connectivity index (χ1) is 9.61. The Labute approximate surface area is 121 Å². The molecule has 0 atom stereocenters. The summed E-state index contributed by atoms with van der Waals surface area (Å²) < 4.78 is 0. The van der Waals surface area contributed by atoms with Crippen LogP contribution in [-0.2, 0) is 17.8 Å². The Morgan fingerprint density at radius 1 is 1.20 bits per heavy atom.